The molecule has 0 heterocycles. The Hall–Kier alpha value is -2.82. The van der Waals surface area contributed by atoms with Crippen LogP contribution in [0.25, 0.3) is 0 Å². The van der Waals surface area contributed by atoms with Crippen molar-refractivity contribution in [3.8, 4) is 5.75 Å². The van der Waals surface area contributed by atoms with Crippen molar-refractivity contribution in [2.45, 2.75) is 46.5 Å². The Morgan fingerprint density at radius 3 is 1.90 bits per heavy atom. The highest BCUT2D eigenvalue weighted by Crippen LogP contribution is 2.32. The molecule has 1 aliphatic carbocycles. The third-order valence-electron chi connectivity index (χ3n) is 5.57. The first kappa shape index (κ1) is 20.9. The zero-order valence-corrected chi connectivity index (χ0v) is 17.7. The van der Waals surface area contributed by atoms with E-state index in [2.05, 4.69) is 16.7 Å². The molecule has 1 aliphatic rings. The van der Waals surface area contributed by atoms with Crippen LogP contribution in [0.5, 0.6) is 5.75 Å². The van der Waals surface area contributed by atoms with Gasteiger partial charge in [0.1, 0.15) is 5.75 Å². The second kappa shape index (κ2) is 9.12. The molecule has 0 atom stereocenters. The summed E-state index contributed by atoms with van der Waals surface area (Å²) >= 11 is 0. The van der Waals surface area contributed by atoms with Crippen molar-refractivity contribution >= 4 is 23.2 Å². The van der Waals surface area contributed by atoms with Gasteiger partial charge in [-0.25, -0.2) is 0 Å². The van der Waals surface area contributed by atoms with E-state index in [9.17, 15) is 9.59 Å². The molecule has 2 aromatic carbocycles. The van der Waals surface area contributed by atoms with Crippen molar-refractivity contribution in [3.63, 3.8) is 0 Å². The summed E-state index contributed by atoms with van der Waals surface area (Å²) in [6.07, 6.45) is 2.87. The van der Waals surface area contributed by atoms with Crippen molar-refractivity contribution in [1.82, 2.24) is 0 Å². The smallest absolute Gasteiger partial charge is 0.227 e. The molecule has 154 valence electrons. The Morgan fingerprint density at radius 2 is 1.34 bits per heavy atom. The van der Waals surface area contributed by atoms with Crippen molar-refractivity contribution in [3.05, 3.63) is 53.1 Å². The molecular formula is C24H30N2O3. The highest BCUT2D eigenvalue weighted by molar-refractivity contribution is 5.95. The number of benzene rings is 2. The van der Waals surface area contributed by atoms with Crippen LogP contribution in [0.2, 0.25) is 0 Å². The van der Waals surface area contributed by atoms with Gasteiger partial charge >= 0.3 is 0 Å². The van der Waals surface area contributed by atoms with E-state index in [1.165, 1.54) is 0 Å². The van der Waals surface area contributed by atoms with E-state index in [-0.39, 0.29) is 23.7 Å². The Balaban J connectivity index is 1.55. The molecule has 2 amide bonds. The van der Waals surface area contributed by atoms with Crippen LogP contribution in [0.1, 0.15) is 42.4 Å². The first-order valence-electron chi connectivity index (χ1n) is 10.2. The maximum absolute atomic E-state index is 12.7. The van der Waals surface area contributed by atoms with Gasteiger partial charge in [-0.2, -0.15) is 0 Å². The fourth-order valence-corrected chi connectivity index (χ4v) is 4.06. The highest BCUT2D eigenvalue weighted by atomic mass is 16.5. The van der Waals surface area contributed by atoms with Gasteiger partial charge < -0.3 is 15.4 Å². The van der Waals surface area contributed by atoms with Gasteiger partial charge in [0, 0.05) is 17.5 Å². The number of anilines is 2. The molecule has 2 aromatic rings. The fourth-order valence-electron chi connectivity index (χ4n) is 4.06. The lowest BCUT2D eigenvalue weighted by Crippen LogP contribution is -2.32. The number of carbonyl (C=O) groups excluding carboxylic acids is 2. The van der Waals surface area contributed by atoms with Crippen LogP contribution < -0.4 is 15.4 Å². The van der Waals surface area contributed by atoms with Crippen LogP contribution >= 0.6 is 0 Å². The number of rotatable bonds is 5. The summed E-state index contributed by atoms with van der Waals surface area (Å²) in [5, 5.41) is 6.05. The molecule has 0 saturated heterocycles. The molecule has 29 heavy (non-hydrogen) atoms. The summed E-state index contributed by atoms with van der Waals surface area (Å²) in [6, 6.07) is 11.8. The van der Waals surface area contributed by atoms with Crippen molar-refractivity contribution in [2.24, 2.45) is 11.8 Å². The van der Waals surface area contributed by atoms with Gasteiger partial charge in [0.25, 0.3) is 0 Å². The predicted octanol–water partition coefficient (Wildman–Crippen LogP) is 5.00. The number of ether oxygens (including phenoxy) is 1. The molecule has 1 saturated carbocycles. The van der Waals surface area contributed by atoms with Crippen LogP contribution in [-0.4, -0.2) is 18.9 Å². The lowest BCUT2D eigenvalue weighted by atomic mass is 9.81. The summed E-state index contributed by atoms with van der Waals surface area (Å²) in [6.45, 7) is 6.03. The maximum atomic E-state index is 12.7. The SMILES string of the molecule is COc1ccc(C)cc1NC(=O)C1CCC(C(=O)Nc2cc(C)cc(C)c2)CC1. The van der Waals surface area contributed by atoms with E-state index in [1.54, 1.807) is 7.11 Å². The number of carbonyl (C=O) groups is 2. The lowest BCUT2D eigenvalue weighted by molar-refractivity contribution is -0.125. The summed E-state index contributed by atoms with van der Waals surface area (Å²) in [7, 11) is 1.60. The normalized spacial score (nSPS) is 18.8. The predicted molar refractivity (Wildman–Crippen MR) is 116 cm³/mol. The lowest BCUT2D eigenvalue weighted by Gasteiger charge is -2.27. The van der Waals surface area contributed by atoms with Crippen LogP contribution in [0.4, 0.5) is 11.4 Å². The summed E-state index contributed by atoms with van der Waals surface area (Å²) in [5.41, 5.74) is 4.87. The summed E-state index contributed by atoms with van der Waals surface area (Å²) in [5.74, 6) is 0.584. The molecule has 3 rings (SSSR count). The quantitative estimate of drug-likeness (QED) is 0.749. The van der Waals surface area contributed by atoms with Gasteiger partial charge in [0.15, 0.2) is 0 Å². The van der Waals surface area contributed by atoms with E-state index in [0.717, 1.165) is 35.2 Å². The molecule has 2 N–H and O–H groups in total. The third-order valence-corrected chi connectivity index (χ3v) is 5.57. The van der Waals surface area contributed by atoms with E-state index < -0.39 is 0 Å². The van der Waals surface area contributed by atoms with Gasteiger partial charge in [-0.1, -0.05) is 12.1 Å². The number of hydrogen-bond donors (Lipinski definition) is 2. The van der Waals surface area contributed by atoms with Crippen molar-refractivity contribution < 1.29 is 14.3 Å². The monoisotopic (exact) mass is 394 g/mol. The number of hydrogen-bond acceptors (Lipinski definition) is 3. The zero-order valence-electron chi connectivity index (χ0n) is 17.7. The molecule has 0 spiro atoms. The number of amides is 2. The average molecular weight is 395 g/mol. The van der Waals surface area contributed by atoms with Crippen LogP contribution in [-0.2, 0) is 9.59 Å². The maximum Gasteiger partial charge on any atom is 0.227 e. The third kappa shape index (κ3) is 5.37. The molecule has 5 nitrogen and oxygen atoms in total. The highest BCUT2D eigenvalue weighted by Gasteiger charge is 2.30. The largest absolute Gasteiger partial charge is 0.495 e. The first-order valence-corrected chi connectivity index (χ1v) is 10.2. The average Bonchev–Trinajstić information content (AvgIpc) is 2.67. The molecule has 0 aliphatic heterocycles. The van der Waals surface area contributed by atoms with E-state index in [1.807, 2.05) is 51.1 Å². The fraction of sp³-hybridized carbons (Fsp3) is 0.417. The molecule has 1 fully saturated rings. The first-order chi connectivity index (χ1) is 13.9. The number of nitrogens with one attached hydrogen (secondary N) is 2. The summed E-state index contributed by atoms with van der Waals surface area (Å²) < 4.78 is 5.34. The minimum absolute atomic E-state index is 0.00191. The van der Waals surface area contributed by atoms with Gasteiger partial charge in [-0.15, -0.1) is 0 Å². The van der Waals surface area contributed by atoms with Crippen molar-refractivity contribution in [1.29, 1.82) is 0 Å². The molecule has 0 bridgehead atoms. The Morgan fingerprint density at radius 1 is 0.793 bits per heavy atom. The topological polar surface area (TPSA) is 67.4 Å². The van der Waals surface area contributed by atoms with Crippen LogP contribution in [0.15, 0.2) is 36.4 Å². The summed E-state index contributed by atoms with van der Waals surface area (Å²) in [4.78, 5) is 25.4. The Labute approximate surface area is 172 Å². The molecule has 0 radical (unpaired) electrons. The standard InChI is InChI=1S/C24H30N2O3/c1-15-5-10-22(29-4)21(14-15)26-24(28)19-8-6-18(7-9-19)23(27)25-20-12-16(2)11-17(3)13-20/h5,10-14,18-19H,6-9H2,1-4H3,(H,25,27)(H,26,28). The van der Waals surface area contributed by atoms with Crippen LogP contribution in [0, 0.1) is 32.6 Å². The van der Waals surface area contributed by atoms with Crippen molar-refractivity contribution in [2.75, 3.05) is 17.7 Å². The van der Waals surface area contributed by atoms with Gasteiger partial charge in [0.05, 0.1) is 12.8 Å². The number of aryl methyl sites for hydroxylation is 3. The van der Waals surface area contributed by atoms with E-state index >= 15 is 0 Å². The molecular weight excluding hydrogens is 364 g/mol. The molecule has 0 unspecified atom stereocenters. The van der Waals surface area contributed by atoms with Gasteiger partial charge in [-0.05, 0) is 87.4 Å². The minimum atomic E-state index is -0.0783. The van der Waals surface area contributed by atoms with Crippen LogP contribution in [0.3, 0.4) is 0 Å². The van der Waals surface area contributed by atoms with E-state index in [0.29, 0.717) is 24.3 Å². The molecule has 0 aromatic heterocycles. The Bertz CT molecular complexity index is 879. The van der Waals surface area contributed by atoms with E-state index in [4.69, 9.17) is 4.74 Å². The zero-order chi connectivity index (χ0) is 21.0. The molecule has 5 heteroatoms. The minimum Gasteiger partial charge on any atom is -0.495 e. The second-order valence-corrected chi connectivity index (χ2v) is 8.11. The van der Waals surface area contributed by atoms with Gasteiger partial charge in [-0.3, -0.25) is 9.59 Å². The van der Waals surface area contributed by atoms with Gasteiger partial charge in [0.2, 0.25) is 11.8 Å². The Kier molecular flexibility index (Phi) is 6.57. The second-order valence-electron chi connectivity index (χ2n) is 8.11. The number of methoxy groups -OCH3 is 1.